The zero-order valence-corrected chi connectivity index (χ0v) is 17.5. The summed E-state index contributed by atoms with van der Waals surface area (Å²) in [5.41, 5.74) is 1.17. The smallest absolute Gasteiger partial charge is 0.374 e. The number of carbonyl (C=O) groups is 2. The van der Waals surface area contributed by atoms with Crippen molar-refractivity contribution in [2.24, 2.45) is 0 Å². The molecule has 0 radical (unpaired) electrons. The van der Waals surface area contributed by atoms with Crippen LogP contribution in [0, 0.1) is 6.92 Å². The predicted octanol–water partition coefficient (Wildman–Crippen LogP) is 3.49. The summed E-state index contributed by atoms with van der Waals surface area (Å²) in [5.74, 6) is -0.978. The summed E-state index contributed by atoms with van der Waals surface area (Å²) in [5, 5.41) is 5.07. The Balaban J connectivity index is 1.64. The fourth-order valence-corrected chi connectivity index (χ4v) is 3.37. The standard InChI is InChI=1S/C24H20N2O6/c1-15-12-17(32-21(15)24(29)30-2)14-31-23(28)20-18-10-6-7-11-19(18)22(27)26(25-20)13-16-8-4-3-5-9-16/h3-12H,13-14H2,1-2H3. The molecule has 4 aromatic rings. The molecule has 0 aliphatic carbocycles. The van der Waals surface area contributed by atoms with Gasteiger partial charge in [0.25, 0.3) is 5.56 Å². The fraction of sp³-hybridized carbons (Fsp3) is 0.167. The van der Waals surface area contributed by atoms with Crippen LogP contribution >= 0.6 is 0 Å². The number of carbonyl (C=O) groups excluding carboxylic acids is 2. The van der Waals surface area contributed by atoms with E-state index in [1.54, 1.807) is 37.3 Å². The number of furan rings is 1. The molecule has 8 heteroatoms. The van der Waals surface area contributed by atoms with Crippen LogP contribution in [0.15, 0.2) is 69.9 Å². The minimum atomic E-state index is -0.711. The van der Waals surface area contributed by atoms with E-state index in [-0.39, 0.29) is 35.9 Å². The molecule has 4 rings (SSSR count). The fourth-order valence-electron chi connectivity index (χ4n) is 3.37. The van der Waals surface area contributed by atoms with Crippen LogP contribution < -0.4 is 5.56 Å². The normalized spacial score (nSPS) is 10.8. The molecule has 0 amide bonds. The van der Waals surface area contributed by atoms with Crippen molar-refractivity contribution in [1.82, 2.24) is 9.78 Å². The molecule has 2 aromatic carbocycles. The average molecular weight is 432 g/mol. The van der Waals surface area contributed by atoms with Crippen molar-refractivity contribution in [2.45, 2.75) is 20.1 Å². The van der Waals surface area contributed by atoms with Gasteiger partial charge in [-0.3, -0.25) is 4.79 Å². The van der Waals surface area contributed by atoms with Gasteiger partial charge in [0.1, 0.15) is 12.4 Å². The Morgan fingerprint density at radius 2 is 1.69 bits per heavy atom. The lowest BCUT2D eigenvalue weighted by Gasteiger charge is -2.11. The maximum atomic E-state index is 12.9. The van der Waals surface area contributed by atoms with Crippen LogP contribution in [0.2, 0.25) is 0 Å². The molecule has 8 nitrogen and oxygen atoms in total. The monoisotopic (exact) mass is 432 g/mol. The Morgan fingerprint density at radius 3 is 2.41 bits per heavy atom. The van der Waals surface area contributed by atoms with Gasteiger partial charge in [0, 0.05) is 10.9 Å². The van der Waals surface area contributed by atoms with Crippen LogP contribution in [0.25, 0.3) is 10.8 Å². The van der Waals surface area contributed by atoms with Gasteiger partial charge in [0.2, 0.25) is 5.76 Å². The van der Waals surface area contributed by atoms with Crippen LogP contribution in [-0.2, 0) is 22.6 Å². The Kier molecular flexibility index (Phi) is 5.85. The third-order valence-electron chi connectivity index (χ3n) is 4.92. The second-order valence-corrected chi connectivity index (χ2v) is 7.14. The van der Waals surface area contributed by atoms with Crippen molar-refractivity contribution in [2.75, 3.05) is 7.11 Å². The second kappa shape index (κ2) is 8.89. The van der Waals surface area contributed by atoms with Gasteiger partial charge in [-0.1, -0.05) is 48.5 Å². The van der Waals surface area contributed by atoms with Crippen molar-refractivity contribution in [3.05, 3.63) is 99.4 Å². The van der Waals surface area contributed by atoms with Gasteiger partial charge in [-0.2, -0.15) is 5.10 Å². The van der Waals surface area contributed by atoms with Crippen molar-refractivity contribution >= 4 is 22.7 Å². The van der Waals surface area contributed by atoms with E-state index in [0.29, 0.717) is 16.3 Å². The van der Waals surface area contributed by atoms with E-state index in [9.17, 15) is 14.4 Å². The first-order chi connectivity index (χ1) is 15.5. The molecule has 0 saturated heterocycles. The average Bonchev–Trinajstić information content (AvgIpc) is 3.20. The van der Waals surface area contributed by atoms with E-state index in [2.05, 4.69) is 9.84 Å². The lowest BCUT2D eigenvalue weighted by Crippen LogP contribution is -2.27. The molecule has 0 spiro atoms. The Bertz CT molecular complexity index is 1350. The van der Waals surface area contributed by atoms with Crippen LogP contribution in [0.1, 0.15) is 37.9 Å². The number of rotatable bonds is 6. The maximum Gasteiger partial charge on any atom is 0.374 e. The first kappa shape index (κ1) is 21.0. The number of ether oxygens (including phenoxy) is 2. The highest BCUT2D eigenvalue weighted by Crippen LogP contribution is 2.19. The van der Waals surface area contributed by atoms with Gasteiger partial charge in [-0.05, 0) is 24.6 Å². The molecule has 2 aromatic heterocycles. The summed E-state index contributed by atoms with van der Waals surface area (Å²) < 4.78 is 16.7. The molecule has 0 aliphatic heterocycles. The summed E-state index contributed by atoms with van der Waals surface area (Å²) in [6.45, 7) is 1.70. The number of aromatic nitrogens is 2. The number of benzene rings is 2. The van der Waals surface area contributed by atoms with Crippen LogP contribution in [0.5, 0.6) is 0 Å². The minimum Gasteiger partial charge on any atom is -0.463 e. The lowest BCUT2D eigenvalue weighted by atomic mass is 10.1. The summed E-state index contributed by atoms with van der Waals surface area (Å²) in [6.07, 6.45) is 0. The van der Waals surface area contributed by atoms with E-state index in [1.165, 1.54) is 11.8 Å². The van der Waals surface area contributed by atoms with Crippen molar-refractivity contribution in [3.63, 3.8) is 0 Å². The highest BCUT2D eigenvalue weighted by atomic mass is 16.6. The van der Waals surface area contributed by atoms with E-state index < -0.39 is 11.9 Å². The molecule has 32 heavy (non-hydrogen) atoms. The molecule has 2 heterocycles. The third-order valence-corrected chi connectivity index (χ3v) is 4.92. The van der Waals surface area contributed by atoms with Crippen LogP contribution in [-0.4, -0.2) is 28.8 Å². The molecule has 0 aliphatic rings. The molecular weight excluding hydrogens is 412 g/mol. The highest BCUT2D eigenvalue weighted by molar-refractivity contribution is 6.02. The lowest BCUT2D eigenvalue weighted by molar-refractivity contribution is 0.0431. The number of hydrogen-bond donors (Lipinski definition) is 0. The summed E-state index contributed by atoms with van der Waals surface area (Å²) in [6, 6.07) is 17.7. The van der Waals surface area contributed by atoms with E-state index >= 15 is 0 Å². The molecule has 0 bridgehead atoms. The van der Waals surface area contributed by atoms with E-state index in [4.69, 9.17) is 9.15 Å². The maximum absolute atomic E-state index is 12.9. The van der Waals surface area contributed by atoms with E-state index in [0.717, 1.165) is 5.56 Å². The molecule has 0 atom stereocenters. The molecule has 0 unspecified atom stereocenters. The van der Waals surface area contributed by atoms with E-state index in [1.807, 2.05) is 30.3 Å². The first-order valence-electron chi connectivity index (χ1n) is 9.86. The first-order valence-corrected chi connectivity index (χ1v) is 9.86. The second-order valence-electron chi connectivity index (χ2n) is 7.14. The topological polar surface area (TPSA) is 101 Å². The number of fused-ring (bicyclic) bond motifs is 1. The van der Waals surface area contributed by atoms with Crippen LogP contribution in [0.3, 0.4) is 0 Å². The van der Waals surface area contributed by atoms with Crippen LogP contribution in [0.4, 0.5) is 0 Å². The summed E-state index contributed by atoms with van der Waals surface area (Å²) in [7, 11) is 1.26. The van der Waals surface area contributed by atoms with Gasteiger partial charge in [0.15, 0.2) is 5.69 Å². The van der Waals surface area contributed by atoms with Crippen molar-refractivity contribution < 1.29 is 23.5 Å². The quantitative estimate of drug-likeness (QED) is 0.430. The molecule has 0 saturated carbocycles. The number of aryl methyl sites for hydroxylation is 1. The largest absolute Gasteiger partial charge is 0.463 e. The zero-order chi connectivity index (χ0) is 22.7. The summed E-state index contributed by atoms with van der Waals surface area (Å²) >= 11 is 0. The predicted molar refractivity (Wildman–Crippen MR) is 115 cm³/mol. The highest BCUT2D eigenvalue weighted by Gasteiger charge is 2.20. The number of nitrogens with zero attached hydrogens (tertiary/aromatic N) is 2. The summed E-state index contributed by atoms with van der Waals surface area (Å²) in [4.78, 5) is 37.5. The molecular formula is C24H20N2O6. The van der Waals surface area contributed by atoms with Gasteiger partial charge in [-0.15, -0.1) is 0 Å². The van der Waals surface area contributed by atoms with Gasteiger partial charge in [-0.25, -0.2) is 14.3 Å². The number of esters is 2. The Morgan fingerprint density at radius 1 is 1.00 bits per heavy atom. The molecule has 0 N–H and O–H groups in total. The molecule has 162 valence electrons. The minimum absolute atomic E-state index is 0.0209. The third kappa shape index (κ3) is 4.15. The Labute approximate surface area is 183 Å². The SMILES string of the molecule is COC(=O)c1oc(COC(=O)c2nn(Cc3ccccc3)c(=O)c3ccccc23)cc1C. The Hall–Kier alpha value is -4.20. The number of methoxy groups -OCH3 is 1. The number of hydrogen-bond acceptors (Lipinski definition) is 7. The van der Waals surface area contributed by atoms with Crippen molar-refractivity contribution in [3.8, 4) is 0 Å². The van der Waals surface area contributed by atoms with Gasteiger partial charge < -0.3 is 13.9 Å². The van der Waals surface area contributed by atoms with Gasteiger partial charge >= 0.3 is 11.9 Å². The van der Waals surface area contributed by atoms with Gasteiger partial charge in [0.05, 0.1) is 19.0 Å². The van der Waals surface area contributed by atoms with Crippen molar-refractivity contribution in [1.29, 1.82) is 0 Å². The molecule has 0 fully saturated rings. The zero-order valence-electron chi connectivity index (χ0n) is 17.5.